The SMILES string of the molecule is C1CC2(CCNO2)CN1. The second-order valence-electron chi connectivity index (χ2n) is 2.86. The fourth-order valence-corrected chi connectivity index (χ4v) is 1.56. The van der Waals surface area contributed by atoms with Gasteiger partial charge in [-0.25, -0.2) is 5.48 Å². The van der Waals surface area contributed by atoms with Crippen molar-refractivity contribution in [1.29, 1.82) is 0 Å². The molecule has 0 aromatic rings. The van der Waals surface area contributed by atoms with Crippen LogP contribution in [0.25, 0.3) is 0 Å². The van der Waals surface area contributed by atoms with Crippen LogP contribution in [0.4, 0.5) is 0 Å². The molecule has 2 aliphatic heterocycles. The topological polar surface area (TPSA) is 33.3 Å². The minimum atomic E-state index is 0.167. The summed E-state index contributed by atoms with van der Waals surface area (Å²) in [5, 5.41) is 3.29. The first-order valence-corrected chi connectivity index (χ1v) is 3.53. The maximum Gasteiger partial charge on any atom is 0.104 e. The lowest BCUT2D eigenvalue weighted by molar-refractivity contribution is -0.0384. The quantitative estimate of drug-likeness (QED) is 0.467. The van der Waals surface area contributed by atoms with Crippen LogP contribution in [-0.2, 0) is 4.84 Å². The Hall–Kier alpha value is -0.120. The van der Waals surface area contributed by atoms with E-state index in [2.05, 4.69) is 10.8 Å². The lowest BCUT2D eigenvalue weighted by atomic mass is 10.0. The minimum Gasteiger partial charge on any atom is -0.314 e. The van der Waals surface area contributed by atoms with Crippen LogP contribution in [0.15, 0.2) is 0 Å². The van der Waals surface area contributed by atoms with Gasteiger partial charge in [0.15, 0.2) is 0 Å². The third-order valence-corrected chi connectivity index (χ3v) is 2.18. The molecule has 1 spiro atoms. The minimum absolute atomic E-state index is 0.167. The summed E-state index contributed by atoms with van der Waals surface area (Å²) in [5.41, 5.74) is 3.08. The number of hydrogen-bond acceptors (Lipinski definition) is 3. The lowest BCUT2D eigenvalue weighted by Crippen LogP contribution is -2.31. The summed E-state index contributed by atoms with van der Waals surface area (Å²) < 4.78 is 0. The first-order chi connectivity index (χ1) is 4.41. The van der Waals surface area contributed by atoms with Gasteiger partial charge in [0, 0.05) is 13.1 Å². The molecular weight excluding hydrogens is 116 g/mol. The number of rotatable bonds is 0. The number of nitrogens with one attached hydrogen (secondary N) is 2. The van der Waals surface area contributed by atoms with Crippen LogP contribution >= 0.6 is 0 Å². The molecule has 2 heterocycles. The van der Waals surface area contributed by atoms with Gasteiger partial charge >= 0.3 is 0 Å². The Morgan fingerprint density at radius 2 is 2.11 bits per heavy atom. The molecule has 0 radical (unpaired) electrons. The average Bonchev–Trinajstić information content (AvgIpc) is 2.45. The maximum atomic E-state index is 5.39. The lowest BCUT2D eigenvalue weighted by Gasteiger charge is -2.17. The summed E-state index contributed by atoms with van der Waals surface area (Å²) in [6, 6.07) is 0. The van der Waals surface area contributed by atoms with Gasteiger partial charge in [-0.2, -0.15) is 0 Å². The molecule has 0 amide bonds. The van der Waals surface area contributed by atoms with Crippen LogP contribution in [0.5, 0.6) is 0 Å². The molecule has 3 nitrogen and oxygen atoms in total. The van der Waals surface area contributed by atoms with Gasteiger partial charge in [0.2, 0.25) is 0 Å². The highest BCUT2D eigenvalue weighted by molar-refractivity contribution is 4.91. The van der Waals surface area contributed by atoms with E-state index in [0.29, 0.717) is 0 Å². The summed E-state index contributed by atoms with van der Waals surface area (Å²) >= 11 is 0. The van der Waals surface area contributed by atoms with Gasteiger partial charge in [0.25, 0.3) is 0 Å². The highest BCUT2D eigenvalue weighted by atomic mass is 16.7. The third kappa shape index (κ3) is 0.852. The summed E-state index contributed by atoms with van der Waals surface area (Å²) in [5.74, 6) is 0. The molecule has 0 aromatic carbocycles. The third-order valence-electron chi connectivity index (χ3n) is 2.18. The smallest absolute Gasteiger partial charge is 0.104 e. The predicted octanol–water partition coefficient (Wildman–Crippen LogP) is -0.357. The van der Waals surface area contributed by atoms with E-state index >= 15 is 0 Å². The Morgan fingerprint density at radius 1 is 1.22 bits per heavy atom. The number of hydroxylamine groups is 1. The normalized spacial score (nSPS) is 42.7. The molecule has 2 N–H and O–H groups in total. The average molecular weight is 128 g/mol. The molecule has 2 saturated heterocycles. The first kappa shape index (κ1) is 5.65. The van der Waals surface area contributed by atoms with Crippen molar-refractivity contribution >= 4 is 0 Å². The van der Waals surface area contributed by atoms with E-state index in [-0.39, 0.29) is 5.60 Å². The fourth-order valence-electron chi connectivity index (χ4n) is 1.56. The second kappa shape index (κ2) is 1.94. The van der Waals surface area contributed by atoms with Gasteiger partial charge in [0.1, 0.15) is 5.60 Å². The Bertz CT molecular complexity index is 86.1. The van der Waals surface area contributed by atoms with Crippen LogP contribution < -0.4 is 10.8 Å². The van der Waals surface area contributed by atoms with E-state index in [0.717, 1.165) is 19.6 Å². The van der Waals surface area contributed by atoms with Crippen molar-refractivity contribution in [2.75, 3.05) is 19.6 Å². The van der Waals surface area contributed by atoms with Crippen LogP contribution in [0.2, 0.25) is 0 Å². The summed E-state index contributed by atoms with van der Waals surface area (Å²) in [6.07, 6.45) is 2.33. The van der Waals surface area contributed by atoms with Gasteiger partial charge in [-0.15, -0.1) is 0 Å². The molecule has 2 rings (SSSR count). The van der Waals surface area contributed by atoms with Gasteiger partial charge in [-0.1, -0.05) is 0 Å². The van der Waals surface area contributed by atoms with E-state index in [1.807, 2.05) is 0 Å². The Morgan fingerprint density at radius 3 is 2.67 bits per heavy atom. The predicted molar refractivity (Wildman–Crippen MR) is 33.9 cm³/mol. The fraction of sp³-hybridized carbons (Fsp3) is 1.00. The van der Waals surface area contributed by atoms with E-state index in [9.17, 15) is 0 Å². The van der Waals surface area contributed by atoms with E-state index < -0.39 is 0 Å². The van der Waals surface area contributed by atoms with Gasteiger partial charge in [0.05, 0.1) is 0 Å². The monoisotopic (exact) mass is 128 g/mol. The molecule has 1 unspecified atom stereocenters. The van der Waals surface area contributed by atoms with Crippen molar-refractivity contribution in [1.82, 2.24) is 10.8 Å². The highest BCUT2D eigenvalue weighted by Crippen LogP contribution is 2.25. The largest absolute Gasteiger partial charge is 0.314 e. The van der Waals surface area contributed by atoms with Gasteiger partial charge in [-0.3, -0.25) is 4.84 Å². The molecule has 52 valence electrons. The standard InChI is InChI=1S/C6H12N2O/c1-3-7-5-6(1)2-4-8-9-6/h7-8H,1-5H2. The molecule has 2 fully saturated rings. The van der Waals surface area contributed by atoms with Crippen LogP contribution in [0.1, 0.15) is 12.8 Å². The maximum absolute atomic E-state index is 5.39. The zero-order valence-corrected chi connectivity index (χ0v) is 5.44. The molecule has 0 saturated carbocycles. The van der Waals surface area contributed by atoms with Crippen LogP contribution in [-0.4, -0.2) is 25.2 Å². The molecule has 3 heteroatoms. The van der Waals surface area contributed by atoms with Crippen molar-refractivity contribution < 1.29 is 4.84 Å². The van der Waals surface area contributed by atoms with Crippen molar-refractivity contribution in [3.63, 3.8) is 0 Å². The van der Waals surface area contributed by atoms with Gasteiger partial charge < -0.3 is 5.32 Å². The molecule has 1 atom stereocenters. The summed E-state index contributed by atoms with van der Waals surface area (Å²) in [4.78, 5) is 5.39. The van der Waals surface area contributed by atoms with E-state index in [1.165, 1.54) is 12.8 Å². The van der Waals surface area contributed by atoms with Crippen molar-refractivity contribution in [3.8, 4) is 0 Å². The first-order valence-electron chi connectivity index (χ1n) is 3.53. The summed E-state index contributed by atoms with van der Waals surface area (Å²) in [6.45, 7) is 3.16. The number of hydrogen-bond donors (Lipinski definition) is 2. The Kier molecular flexibility index (Phi) is 1.22. The van der Waals surface area contributed by atoms with Crippen molar-refractivity contribution in [2.45, 2.75) is 18.4 Å². The molecule has 0 aliphatic carbocycles. The molecule has 0 bridgehead atoms. The van der Waals surface area contributed by atoms with E-state index in [1.54, 1.807) is 0 Å². The molecular formula is C6H12N2O. The van der Waals surface area contributed by atoms with Gasteiger partial charge in [-0.05, 0) is 19.4 Å². The zero-order valence-electron chi connectivity index (χ0n) is 5.44. The van der Waals surface area contributed by atoms with Crippen molar-refractivity contribution in [2.24, 2.45) is 0 Å². The Balaban J connectivity index is 2.04. The van der Waals surface area contributed by atoms with Crippen molar-refractivity contribution in [3.05, 3.63) is 0 Å². The van der Waals surface area contributed by atoms with E-state index in [4.69, 9.17) is 4.84 Å². The Labute approximate surface area is 54.7 Å². The highest BCUT2D eigenvalue weighted by Gasteiger charge is 2.38. The molecule has 9 heavy (non-hydrogen) atoms. The molecule has 2 aliphatic rings. The summed E-state index contributed by atoms with van der Waals surface area (Å²) in [7, 11) is 0. The molecule has 0 aromatic heterocycles. The second-order valence-corrected chi connectivity index (χ2v) is 2.86. The van der Waals surface area contributed by atoms with Crippen LogP contribution in [0.3, 0.4) is 0 Å². The van der Waals surface area contributed by atoms with Crippen LogP contribution in [0, 0.1) is 0 Å². The zero-order chi connectivity index (χ0) is 6.16.